The zero-order valence-electron chi connectivity index (χ0n) is 11.6. The van der Waals surface area contributed by atoms with Gasteiger partial charge in [-0.05, 0) is 50.6 Å². The summed E-state index contributed by atoms with van der Waals surface area (Å²) in [6.07, 6.45) is 2.61. The standard InChI is InChI=1S/C15H21BrN2O/c1-17-7-3-4-11(9-17)14-10-19-15-6-5-12(16)8-13(15)18(14)2/h5-6,8,11,14H,3-4,7,9-10H2,1-2H3. The topological polar surface area (TPSA) is 15.7 Å². The Kier molecular flexibility index (Phi) is 3.72. The molecule has 1 aromatic carbocycles. The van der Waals surface area contributed by atoms with Crippen LogP contribution in [-0.2, 0) is 0 Å². The highest BCUT2D eigenvalue weighted by Gasteiger charge is 2.33. The van der Waals surface area contributed by atoms with Gasteiger partial charge in [-0.25, -0.2) is 0 Å². The summed E-state index contributed by atoms with van der Waals surface area (Å²) in [6.45, 7) is 3.22. The Hall–Kier alpha value is -0.740. The molecule has 2 heterocycles. The molecule has 2 unspecified atom stereocenters. The molecular formula is C15H21BrN2O. The maximum atomic E-state index is 5.97. The fourth-order valence-corrected chi connectivity index (χ4v) is 3.68. The van der Waals surface area contributed by atoms with Gasteiger partial charge in [-0.1, -0.05) is 15.9 Å². The number of anilines is 1. The van der Waals surface area contributed by atoms with Crippen molar-refractivity contribution in [1.82, 2.24) is 4.90 Å². The number of hydrogen-bond donors (Lipinski definition) is 0. The van der Waals surface area contributed by atoms with Gasteiger partial charge in [-0.3, -0.25) is 0 Å². The van der Waals surface area contributed by atoms with Crippen LogP contribution < -0.4 is 9.64 Å². The molecule has 0 radical (unpaired) electrons. The van der Waals surface area contributed by atoms with Gasteiger partial charge in [0.1, 0.15) is 12.4 Å². The molecule has 2 aliphatic heterocycles. The van der Waals surface area contributed by atoms with E-state index in [-0.39, 0.29) is 0 Å². The van der Waals surface area contributed by atoms with Crippen LogP contribution in [0.1, 0.15) is 12.8 Å². The zero-order chi connectivity index (χ0) is 13.4. The smallest absolute Gasteiger partial charge is 0.142 e. The second kappa shape index (κ2) is 5.33. The van der Waals surface area contributed by atoms with Crippen molar-refractivity contribution >= 4 is 21.6 Å². The van der Waals surface area contributed by atoms with Crippen LogP contribution in [0.25, 0.3) is 0 Å². The molecule has 1 aromatic rings. The molecule has 0 aromatic heterocycles. The van der Waals surface area contributed by atoms with E-state index in [1.54, 1.807) is 0 Å². The normalized spacial score (nSPS) is 27.8. The number of halogens is 1. The van der Waals surface area contributed by atoms with Crippen LogP contribution in [0.15, 0.2) is 22.7 Å². The molecule has 0 aliphatic carbocycles. The lowest BCUT2D eigenvalue weighted by Crippen LogP contribution is -2.50. The number of likely N-dealkylation sites (N-methyl/N-ethyl adjacent to an activating group) is 1. The van der Waals surface area contributed by atoms with Gasteiger partial charge >= 0.3 is 0 Å². The molecule has 19 heavy (non-hydrogen) atoms. The van der Waals surface area contributed by atoms with E-state index < -0.39 is 0 Å². The third kappa shape index (κ3) is 2.61. The summed E-state index contributed by atoms with van der Waals surface area (Å²) in [7, 11) is 4.42. The molecule has 0 saturated carbocycles. The van der Waals surface area contributed by atoms with Gasteiger partial charge in [0, 0.05) is 18.1 Å². The summed E-state index contributed by atoms with van der Waals surface area (Å²) < 4.78 is 7.08. The Morgan fingerprint density at radius 2 is 2.16 bits per heavy atom. The average Bonchev–Trinajstić information content (AvgIpc) is 2.40. The number of rotatable bonds is 1. The number of hydrogen-bond acceptors (Lipinski definition) is 3. The van der Waals surface area contributed by atoms with E-state index in [0.29, 0.717) is 12.0 Å². The SMILES string of the molecule is CN1CCCC(C2COc3ccc(Br)cc3N2C)C1. The molecular weight excluding hydrogens is 304 g/mol. The van der Waals surface area contributed by atoms with Gasteiger partial charge in [0.05, 0.1) is 11.7 Å². The number of nitrogens with zero attached hydrogens (tertiary/aromatic N) is 2. The fraction of sp³-hybridized carbons (Fsp3) is 0.600. The Labute approximate surface area is 123 Å². The van der Waals surface area contributed by atoms with Crippen LogP contribution in [0.3, 0.4) is 0 Å². The largest absolute Gasteiger partial charge is 0.489 e. The van der Waals surface area contributed by atoms with Gasteiger partial charge < -0.3 is 14.5 Å². The summed E-state index contributed by atoms with van der Waals surface area (Å²) in [5.41, 5.74) is 1.21. The molecule has 2 atom stereocenters. The predicted octanol–water partition coefficient (Wildman–Crippen LogP) is 2.99. The van der Waals surface area contributed by atoms with Gasteiger partial charge in [0.15, 0.2) is 0 Å². The lowest BCUT2D eigenvalue weighted by atomic mass is 9.89. The number of fused-ring (bicyclic) bond motifs is 1. The Morgan fingerprint density at radius 3 is 2.95 bits per heavy atom. The van der Waals surface area contributed by atoms with Gasteiger partial charge in [0.2, 0.25) is 0 Å². The van der Waals surface area contributed by atoms with Crippen LogP contribution >= 0.6 is 15.9 Å². The first kappa shape index (κ1) is 13.3. The highest BCUT2D eigenvalue weighted by atomic mass is 79.9. The number of likely N-dealkylation sites (tertiary alicyclic amines) is 1. The fourth-order valence-electron chi connectivity index (χ4n) is 3.33. The number of piperidine rings is 1. The van der Waals surface area contributed by atoms with E-state index in [2.05, 4.69) is 52.0 Å². The van der Waals surface area contributed by atoms with E-state index in [9.17, 15) is 0 Å². The maximum absolute atomic E-state index is 5.97. The van der Waals surface area contributed by atoms with Crippen LogP contribution in [0.2, 0.25) is 0 Å². The lowest BCUT2D eigenvalue weighted by Gasteiger charge is -2.43. The van der Waals surface area contributed by atoms with Crippen molar-refractivity contribution in [3.8, 4) is 5.75 Å². The molecule has 2 aliphatic rings. The summed E-state index contributed by atoms with van der Waals surface area (Å²) in [6, 6.07) is 6.75. The molecule has 1 fully saturated rings. The Bertz CT molecular complexity index is 465. The lowest BCUT2D eigenvalue weighted by molar-refractivity contribution is 0.147. The third-order valence-electron chi connectivity index (χ3n) is 4.41. The van der Waals surface area contributed by atoms with Crippen LogP contribution in [0.5, 0.6) is 5.75 Å². The molecule has 3 rings (SSSR count). The van der Waals surface area contributed by atoms with Crippen molar-refractivity contribution in [3.05, 3.63) is 22.7 Å². The van der Waals surface area contributed by atoms with Crippen molar-refractivity contribution < 1.29 is 4.74 Å². The van der Waals surface area contributed by atoms with E-state index >= 15 is 0 Å². The molecule has 0 bridgehead atoms. The van der Waals surface area contributed by atoms with E-state index in [1.165, 1.54) is 31.6 Å². The Balaban J connectivity index is 1.82. The average molecular weight is 325 g/mol. The molecule has 0 amide bonds. The first-order valence-electron chi connectivity index (χ1n) is 6.99. The second-order valence-corrected chi connectivity index (χ2v) is 6.68. The third-order valence-corrected chi connectivity index (χ3v) is 4.91. The molecule has 4 heteroatoms. The van der Waals surface area contributed by atoms with Gasteiger partial charge in [-0.2, -0.15) is 0 Å². The van der Waals surface area contributed by atoms with Crippen molar-refractivity contribution in [1.29, 1.82) is 0 Å². The number of benzene rings is 1. The van der Waals surface area contributed by atoms with Crippen molar-refractivity contribution in [2.45, 2.75) is 18.9 Å². The molecule has 0 N–H and O–H groups in total. The first-order valence-corrected chi connectivity index (χ1v) is 7.78. The predicted molar refractivity (Wildman–Crippen MR) is 82.0 cm³/mol. The maximum Gasteiger partial charge on any atom is 0.142 e. The molecule has 104 valence electrons. The van der Waals surface area contributed by atoms with E-state index in [1.807, 2.05) is 6.07 Å². The van der Waals surface area contributed by atoms with Crippen molar-refractivity contribution in [3.63, 3.8) is 0 Å². The van der Waals surface area contributed by atoms with Gasteiger partial charge in [0.25, 0.3) is 0 Å². The van der Waals surface area contributed by atoms with E-state index in [0.717, 1.165) is 16.8 Å². The summed E-state index contributed by atoms with van der Waals surface area (Å²) in [5, 5.41) is 0. The summed E-state index contributed by atoms with van der Waals surface area (Å²) in [5.74, 6) is 1.71. The zero-order valence-corrected chi connectivity index (χ0v) is 13.2. The minimum atomic E-state index is 0.490. The van der Waals surface area contributed by atoms with Crippen LogP contribution in [-0.4, -0.2) is 44.7 Å². The van der Waals surface area contributed by atoms with E-state index in [4.69, 9.17) is 4.74 Å². The molecule has 1 saturated heterocycles. The highest BCUT2D eigenvalue weighted by Crippen LogP contribution is 2.38. The van der Waals surface area contributed by atoms with Gasteiger partial charge in [-0.15, -0.1) is 0 Å². The first-order chi connectivity index (χ1) is 9.15. The van der Waals surface area contributed by atoms with Crippen LogP contribution in [0, 0.1) is 5.92 Å². The summed E-state index contributed by atoms with van der Waals surface area (Å²) in [4.78, 5) is 4.85. The Morgan fingerprint density at radius 1 is 1.32 bits per heavy atom. The van der Waals surface area contributed by atoms with Crippen molar-refractivity contribution in [2.24, 2.45) is 5.92 Å². The van der Waals surface area contributed by atoms with Crippen molar-refractivity contribution in [2.75, 3.05) is 38.7 Å². The molecule has 3 nitrogen and oxygen atoms in total. The minimum Gasteiger partial charge on any atom is -0.489 e. The molecule has 0 spiro atoms. The summed E-state index contributed by atoms with van der Waals surface area (Å²) >= 11 is 3.55. The highest BCUT2D eigenvalue weighted by molar-refractivity contribution is 9.10. The number of ether oxygens (including phenoxy) is 1. The van der Waals surface area contributed by atoms with Crippen LogP contribution in [0.4, 0.5) is 5.69 Å². The quantitative estimate of drug-likeness (QED) is 0.789. The monoisotopic (exact) mass is 324 g/mol. The second-order valence-electron chi connectivity index (χ2n) is 5.77. The minimum absolute atomic E-state index is 0.490.